The molecule has 2 aliphatic heterocycles. The molecule has 0 radical (unpaired) electrons. The van der Waals surface area contributed by atoms with E-state index in [1.54, 1.807) is 15.6 Å². The lowest BCUT2D eigenvalue weighted by Gasteiger charge is -2.27. The zero-order valence-corrected chi connectivity index (χ0v) is 16.2. The molecular formula is C20H25FN4O2. The standard InChI is InChI=1S/C20H25FN4O2/c1-12-10-15-18(22-24(4)19(15)13(2)27-12)20(26)25-9-5-8-23(3)17-11-14(21)6-7-16(17)25/h6-7,11-13H,5,8-10H2,1-4H3/t12-,13+/m1/s1. The Hall–Kier alpha value is -2.41. The number of aromatic nitrogens is 2. The van der Waals surface area contributed by atoms with Crippen molar-refractivity contribution in [1.82, 2.24) is 9.78 Å². The molecule has 1 amide bonds. The van der Waals surface area contributed by atoms with Gasteiger partial charge in [0.15, 0.2) is 5.69 Å². The first-order chi connectivity index (χ1) is 12.9. The molecule has 2 aromatic rings. The molecule has 0 unspecified atom stereocenters. The molecule has 0 fully saturated rings. The van der Waals surface area contributed by atoms with Crippen LogP contribution in [0.4, 0.5) is 15.8 Å². The second-order valence-electron chi connectivity index (χ2n) is 7.49. The number of benzene rings is 1. The molecule has 0 aliphatic carbocycles. The van der Waals surface area contributed by atoms with Crippen molar-refractivity contribution in [2.45, 2.75) is 38.9 Å². The fraction of sp³-hybridized carbons (Fsp3) is 0.500. The van der Waals surface area contributed by atoms with Gasteiger partial charge in [-0.25, -0.2) is 4.39 Å². The molecule has 27 heavy (non-hydrogen) atoms. The van der Waals surface area contributed by atoms with E-state index in [4.69, 9.17) is 4.74 Å². The highest BCUT2D eigenvalue weighted by Crippen LogP contribution is 2.36. The van der Waals surface area contributed by atoms with Gasteiger partial charge in [-0.15, -0.1) is 0 Å². The molecule has 4 rings (SSSR count). The van der Waals surface area contributed by atoms with Crippen molar-refractivity contribution in [2.75, 3.05) is 29.9 Å². The van der Waals surface area contributed by atoms with Crippen LogP contribution in [0.1, 0.15) is 48.1 Å². The van der Waals surface area contributed by atoms with E-state index in [2.05, 4.69) is 5.10 Å². The number of halogens is 1. The smallest absolute Gasteiger partial charge is 0.279 e. The highest BCUT2D eigenvalue weighted by atomic mass is 19.1. The lowest BCUT2D eigenvalue weighted by molar-refractivity contribution is -0.00902. The van der Waals surface area contributed by atoms with Crippen molar-refractivity contribution in [1.29, 1.82) is 0 Å². The number of carbonyl (C=O) groups is 1. The average Bonchev–Trinajstić information content (AvgIpc) is 2.85. The Labute approximate surface area is 158 Å². The molecular weight excluding hydrogens is 347 g/mol. The number of carbonyl (C=O) groups excluding carboxylic acids is 1. The van der Waals surface area contributed by atoms with Crippen LogP contribution in [0.5, 0.6) is 0 Å². The molecule has 2 atom stereocenters. The molecule has 144 valence electrons. The molecule has 0 spiro atoms. The monoisotopic (exact) mass is 372 g/mol. The van der Waals surface area contributed by atoms with E-state index in [0.29, 0.717) is 18.7 Å². The van der Waals surface area contributed by atoms with Crippen molar-refractivity contribution in [3.8, 4) is 0 Å². The number of hydrogen-bond acceptors (Lipinski definition) is 4. The number of fused-ring (bicyclic) bond motifs is 2. The number of aryl methyl sites for hydroxylation is 1. The summed E-state index contributed by atoms with van der Waals surface area (Å²) in [6.45, 7) is 5.35. The van der Waals surface area contributed by atoms with Crippen molar-refractivity contribution >= 4 is 17.3 Å². The van der Waals surface area contributed by atoms with Crippen LogP contribution in [0.15, 0.2) is 18.2 Å². The maximum atomic E-state index is 13.8. The lowest BCUT2D eigenvalue weighted by Crippen LogP contribution is -2.33. The van der Waals surface area contributed by atoms with Gasteiger partial charge in [-0.05, 0) is 38.5 Å². The van der Waals surface area contributed by atoms with Gasteiger partial charge in [-0.2, -0.15) is 5.10 Å². The molecule has 1 aromatic heterocycles. The van der Waals surface area contributed by atoms with Gasteiger partial charge in [-0.1, -0.05) is 0 Å². The molecule has 6 nitrogen and oxygen atoms in total. The van der Waals surface area contributed by atoms with Crippen LogP contribution in [-0.4, -0.2) is 41.9 Å². The minimum Gasteiger partial charge on any atom is -0.373 e. The fourth-order valence-corrected chi connectivity index (χ4v) is 4.29. The molecule has 7 heteroatoms. The van der Waals surface area contributed by atoms with E-state index in [0.717, 1.165) is 35.6 Å². The number of anilines is 2. The van der Waals surface area contributed by atoms with Gasteiger partial charge < -0.3 is 14.5 Å². The average molecular weight is 372 g/mol. The van der Waals surface area contributed by atoms with Crippen molar-refractivity contribution < 1.29 is 13.9 Å². The zero-order valence-electron chi connectivity index (χ0n) is 16.2. The summed E-state index contributed by atoms with van der Waals surface area (Å²) in [6.07, 6.45) is 1.42. The number of ether oxygens (including phenoxy) is 1. The topological polar surface area (TPSA) is 50.6 Å². The van der Waals surface area contributed by atoms with E-state index < -0.39 is 0 Å². The van der Waals surface area contributed by atoms with Crippen LogP contribution in [0.25, 0.3) is 0 Å². The molecule has 1 aromatic carbocycles. The minimum atomic E-state index is -0.301. The van der Waals surface area contributed by atoms with E-state index in [1.165, 1.54) is 12.1 Å². The van der Waals surface area contributed by atoms with Crippen LogP contribution < -0.4 is 9.80 Å². The van der Waals surface area contributed by atoms with Gasteiger partial charge >= 0.3 is 0 Å². The Balaban J connectivity index is 1.78. The Kier molecular flexibility index (Phi) is 4.42. The summed E-state index contributed by atoms with van der Waals surface area (Å²) in [5.74, 6) is -0.429. The molecule has 0 N–H and O–H groups in total. The molecule has 3 heterocycles. The van der Waals surface area contributed by atoms with Gasteiger partial charge in [0, 0.05) is 39.2 Å². The third-order valence-corrected chi connectivity index (χ3v) is 5.47. The summed E-state index contributed by atoms with van der Waals surface area (Å²) < 4.78 is 21.5. The first-order valence-corrected chi connectivity index (χ1v) is 9.40. The predicted molar refractivity (Wildman–Crippen MR) is 102 cm³/mol. The summed E-state index contributed by atoms with van der Waals surface area (Å²) in [5.41, 5.74) is 3.87. The van der Waals surface area contributed by atoms with Gasteiger partial charge in [0.1, 0.15) is 5.82 Å². The second-order valence-corrected chi connectivity index (χ2v) is 7.49. The van der Waals surface area contributed by atoms with E-state index in [1.807, 2.05) is 32.8 Å². The Morgan fingerprint density at radius 1 is 1.22 bits per heavy atom. The van der Waals surface area contributed by atoms with E-state index in [-0.39, 0.29) is 23.9 Å². The summed E-state index contributed by atoms with van der Waals surface area (Å²) in [7, 11) is 3.78. The third-order valence-electron chi connectivity index (χ3n) is 5.47. The zero-order chi connectivity index (χ0) is 19.3. The van der Waals surface area contributed by atoms with Gasteiger partial charge in [0.25, 0.3) is 5.91 Å². The van der Waals surface area contributed by atoms with Crippen LogP contribution in [-0.2, 0) is 18.2 Å². The summed E-state index contributed by atoms with van der Waals surface area (Å²) >= 11 is 0. The highest BCUT2D eigenvalue weighted by Gasteiger charge is 2.34. The molecule has 2 aliphatic rings. The normalized spacial score (nSPS) is 22.3. The highest BCUT2D eigenvalue weighted by molar-refractivity contribution is 6.07. The number of rotatable bonds is 1. The maximum Gasteiger partial charge on any atom is 0.279 e. The molecule has 0 saturated heterocycles. The van der Waals surface area contributed by atoms with Crippen LogP contribution in [0, 0.1) is 5.82 Å². The van der Waals surface area contributed by atoms with Gasteiger partial charge in [0.2, 0.25) is 0 Å². The summed E-state index contributed by atoms with van der Waals surface area (Å²) in [6, 6.07) is 4.59. The van der Waals surface area contributed by atoms with Gasteiger partial charge in [-0.3, -0.25) is 9.48 Å². The quantitative estimate of drug-likeness (QED) is 0.772. The van der Waals surface area contributed by atoms with E-state index in [9.17, 15) is 9.18 Å². The number of nitrogens with zero attached hydrogens (tertiary/aromatic N) is 4. The van der Waals surface area contributed by atoms with Crippen molar-refractivity contribution in [3.63, 3.8) is 0 Å². The Bertz CT molecular complexity index is 894. The minimum absolute atomic E-state index is 0.0416. The summed E-state index contributed by atoms with van der Waals surface area (Å²) in [4.78, 5) is 17.2. The predicted octanol–water partition coefficient (Wildman–Crippen LogP) is 3.07. The SMILES string of the molecule is C[C@@H]1Cc2c(C(=O)N3CCCN(C)c4cc(F)ccc43)nn(C)c2[C@H](C)O1. The Morgan fingerprint density at radius 3 is 2.78 bits per heavy atom. The van der Waals surface area contributed by atoms with Crippen LogP contribution in [0.2, 0.25) is 0 Å². The van der Waals surface area contributed by atoms with Gasteiger partial charge in [0.05, 0.1) is 29.3 Å². The molecule has 0 bridgehead atoms. The van der Waals surface area contributed by atoms with Crippen molar-refractivity contribution in [3.05, 3.63) is 41.0 Å². The molecule has 0 saturated carbocycles. The Morgan fingerprint density at radius 2 is 2.00 bits per heavy atom. The van der Waals surface area contributed by atoms with E-state index >= 15 is 0 Å². The largest absolute Gasteiger partial charge is 0.373 e. The lowest BCUT2D eigenvalue weighted by atomic mass is 9.99. The number of amides is 1. The first-order valence-electron chi connectivity index (χ1n) is 9.40. The second kappa shape index (κ2) is 6.64. The fourth-order valence-electron chi connectivity index (χ4n) is 4.29. The van der Waals surface area contributed by atoms with Crippen LogP contribution >= 0.6 is 0 Å². The summed E-state index contributed by atoms with van der Waals surface area (Å²) in [5, 5.41) is 4.55. The maximum absolute atomic E-state index is 13.8. The first kappa shape index (κ1) is 18.0. The number of hydrogen-bond donors (Lipinski definition) is 0. The van der Waals surface area contributed by atoms with Crippen LogP contribution in [0.3, 0.4) is 0 Å². The van der Waals surface area contributed by atoms with Crippen molar-refractivity contribution in [2.24, 2.45) is 7.05 Å². The third kappa shape index (κ3) is 3.00.